The maximum absolute atomic E-state index is 9.17. The van der Waals surface area contributed by atoms with Crippen LogP contribution in [0.15, 0.2) is 47.2 Å². The first-order valence-electron chi connectivity index (χ1n) is 13.9. The first-order valence-corrected chi connectivity index (χ1v) is 14.9. The highest BCUT2D eigenvalue weighted by Crippen LogP contribution is 2.37. The zero-order chi connectivity index (χ0) is 25.7. The summed E-state index contributed by atoms with van der Waals surface area (Å²) in [5.41, 5.74) is 4.96. The number of benzene rings is 1. The largest absolute Gasteiger partial charge is 0.444 e. The van der Waals surface area contributed by atoms with E-state index in [0.29, 0.717) is 23.7 Å². The Balaban J connectivity index is 1.34. The monoisotopic (exact) mass is 535 g/mol. The number of oxazole rings is 1. The fourth-order valence-corrected chi connectivity index (χ4v) is 6.38. The van der Waals surface area contributed by atoms with Crippen molar-refractivity contribution in [1.29, 1.82) is 0 Å². The first kappa shape index (κ1) is 25.5. The standard InChI is InChI=1S/C29H37N5O3S/c35-14-16-38-32-23-5-6-25-27(18-23)33-12-8-24(9-13-33)36-15-2-4-21-3-1-11-34(19-21)28-17-22(7-10-30-28)26-20-37-29(25)31-26/h5-7,10,17-18,20-21,24,32,35H,1-4,8-9,11-16,19H2. The van der Waals surface area contributed by atoms with Crippen molar-refractivity contribution in [2.75, 3.05) is 59.7 Å². The third-order valence-corrected chi connectivity index (χ3v) is 8.66. The predicted octanol–water partition coefficient (Wildman–Crippen LogP) is 5.45. The highest BCUT2D eigenvalue weighted by atomic mass is 32.2. The number of anilines is 3. The zero-order valence-electron chi connectivity index (χ0n) is 21.8. The minimum Gasteiger partial charge on any atom is -0.444 e. The predicted molar refractivity (Wildman–Crippen MR) is 154 cm³/mol. The van der Waals surface area contributed by atoms with Crippen LogP contribution >= 0.6 is 11.9 Å². The molecule has 9 heteroatoms. The van der Waals surface area contributed by atoms with Gasteiger partial charge in [-0.3, -0.25) is 0 Å². The Morgan fingerprint density at radius 1 is 1.03 bits per heavy atom. The van der Waals surface area contributed by atoms with E-state index in [4.69, 9.17) is 24.2 Å². The van der Waals surface area contributed by atoms with E-state index in [1.807, 2.05) is 12.3 Å². The van der Waals surface area contributed by atoms with Crippen molar-refractivity contribution in [3.8, 4) is 22.7 Å². The van der Waals surface area contributed by atoms with Crippen LogP contribution in [0.1, 0.15) is 38.5 Å². The third kappa shape index (κ3) is 5.80. The molecule has 0 radical (unpaired) electrons. The molecule has 2 saturated heterocycles. The maximum Gasteiger partial charge on any atom is 0.228 e. The third-order valence-electron chi connectivity index (χ3n) is 7.89. The Hall–Kier alpha value is -2.75. The molecule has 0 saturated carbocycles. The fraction of sp³-hybridized carbons (Fsp3) is 0.517. The van der Waals surface area contributed by atoms with Crippen molar-refractivity contribution in [3.05, 3.63) is 42.8 Å². The van der Waals surface area contributed by atoms with Gasteiger partial charge < -0.3 is 28.8 Å². The summed E-state index contributed by atoms with van der Waals surface area (Å²) in [7, 11) is 0. The van der Waals surface area contributed by atoms with E-state index >= 15 is 0 Å². The van der Waals surface area contributed by atoms with Crippen LogP contribution in [0.3, 0.4) is 0 Å². The van der Waals surface area contributed by atoms with Crippen molar-refractivity contribution < 1.29 is 14.3 Å². The molecule has 1 unspecified atom stereocenters. The van der Waals surface area contributed by atoms with Gasteiger partial charge in [-0.15, -0.1) is 0 Å². The van der Waals surface area contributed by atoms with E-state index in [1.165, 1.54) is 31.2 Å². The highest BCUT2D eigenvalue weighted by Gasteiger charge is 2.25. The van der Waals surface area contributed by atoms with Gasteiger partial charge in [0.1, 0.15) is 17.8 Å². The summed E-state index contributed by atoms with van der Waals surface area (Å²) in [6.07, 6.45) is 10.8. The molecule has 4 aliphatic heterocycles. The van der Waals surface area contributed by atoms with Crippen LogP contribution < -0.4 is 14.5 Å². The van der Waals surface area contributed by atoms with Gasteiger partial charge in [-0.25, -0.2) is 9.97 Å². The van der Waals surface area contributed by atoms with Gasteiger partial charge in [0.15, 0.2) is 0 Å². The van der Waals surface area contributed by atoms with Gasteiger partial charge in [-0.2, -0.15) is 0 Å². The molecule has 38 heavy (non-hydrogen) atoms. The Kier molecular flexibility index (Phi) is 8.04. The second-order valence-electron chi connectivity index (χ2n) is 10.5. The van der Waals surface area contributed by atoms with Gasteiger partial charge in [0.25, 0.3) is 0 Å². The number of hydrogen-bond acceptors (Lipinski definition) is 9. The van der Waals surface area contributed by atoms with Crippen LogP contribution in [-0.4, -0.2) is 66.3 Å². The number of aromatic nitrogens is 2. The molecule has 2 N–H and O–H groups in total. The number of aliphatic hydroxyl groups excluding tert-OH is 1. The number of rotatable bonds is 4. The van der Waals surface area contributed by atoms with Gasteiger partial charge in [0, 0.05) is 56.0 Å². The second-order valence-corrected chi connectivity index (χ2v) is 11.4. The van der Waals surface area contributed by atoms with Crippen LogP contribution in [0.4, 0.5) is 17.2 Å². The van der Waals surface area contributed by atoms with E-state index in [1.54, 1.807) is 6.26 Å². The van der Waals surface area contributed by atoms with Crippen LogP contribution in [-0.2, 0) is 4.74 Å². The molecule has 0 spiro atoms. The molecule has 1 aromatic carbocycles. The van der Waals surface area contributed by atoms with Gasteiger partial charge in [-0.1, -0.05) is 11.9 Å². The van der Waals surface area contributed by atoms with Crippen molar-refractivity contribution in [1.82, 2.24) is 9.97 Å². The molecule has 8 bridgehead atoms. The van der Waals surface area contributed by atoms with Crippen LogP contribution in [0.25, 0.3) is 22.7 Å². The van der Waals surface area contributed by atoms with Crippen LogP contribution in [0, 0.1) is 5.92 Å². The summed E-state index contributed by atoms with van der Waals surface area (Å²) >= 11 is 1.50. The summed E-state index contributed by atoms with van der Waals surface area (Å²) in [5.74, 6) is 2.96. The molecule has 4 aliphatic rings. The molecular formula is C29H37N5O3S. The number of ether oxygens (including phenoxy) is 1. The maximum atomic E-state index is 9.17. The lowest BCUT2D eigenvalue weighted by Crippen LogP contribution is -2.37. The van der Waals surface area contributed by atoms with Crippen molar-refractivity contribution >= 4 is 29.1 Å². The molecule has 0 aliphatic carbocycles. The van der Waals surface area contributed by atoms with E-state index < -0.39 is 0 Å². The number of fused-ring (bicyclic) bond motifs is 5. The molecule has 7 rings (SSSR count). The summed E-state index contributed by atoms with van der Waals surface area (Å²) in [6, 6.07) is 10.5. The van der Waals surface area contributed by atoms with Gasteiger partial charge in [-0.05, 0) is 74.8 Å². The van der Waals surface area contributed by atoms with Crippen LogP contribution in [0.5, 0.6) is 0 Å². The molecular weight excluding hydrogens is 498 g/mol. The smallest absolute Gasteiger partial charge is 0.228 e. The normalized spacial score (nSPS) is 21.8. The quantitative estimate of drug-likeness (QED) is 0.334. The van der Waals surface area contributed by atoms with Crippen molar-refractivity contribution in [2.45, 2.75) is 44.6 Å². The molecule has 8 nitrogen and oxygen atoms in total. The summed E-state index contributed by atoms with van der Waals surface area (Å²) in [4.78, 5) is 14.5. The summed E-state index contributed by atoms with van der Waals surface area (Å²) in [5, 5.41) is 9.17. The Labute approximate surface area is 228 Å². The van der Waals surface area contributed by atoms with E-state index in [-0.39, 0.29) is 6.61 Å². The number of nitrogens with one attached hydrogen (secondary N) is 1. The molecule has 202 valence electrons. The lowest BCUT2D eigenvalue weighted by Gasteiger charge is -2.35. The number of nitrogens with zero attached hydrogens (tertiary/aromatic N) is 4. The SMILES string of the molecule is OCCSNc1ccc2c(c1)N1CCC(CC1)OCCCC1CCCN(C1)c1cc(ccn1)-c1coc-2n1. The highest BCUT2D eigenvalue weighted by molar-refractivity contribution is 8.00. The molecule has 2 fully saturated rings. The Morgan fingerprint density at radius 2 is 1.92 bits per heavy atom. The number of aliphatic hydroxyl groups is 1. The topological polar surface area (TPSA) is 86.9 Å². The van der Waals surface area contributed by atoms with Gasteiger partial charge in [0.05, 0.1) is 24.0 Å². The first-order chi connectivity index (χ1) is 18.8. The van der Waals surface area contributed by atoms with Gasteiger partial charge >= 0.3 is 0 Å². The number of pyridine rings is 1. The summed E-state index contributed by atoms with van der Waals surface area (Å²) < 4.78 is 15.8. The molecule has 3 aromatic rings. The van der Waals surface area contributed by atoms with Crippen molar-refractivity contribution in [2.24, 2.45) is 5.92 Å². The lowest BCUT2D eigenvalue weighted by molar-refractivity contribution is 0.0330. The minimum absolute atomic E-state index is 0.143. The van der Waals surface area contributed by atoms with Gasteiger partial charge in [0.2, 0.25) is 5.89 Å². The average Bonchev–Trinajstić information content (AvgIpc) is 3.46. The number of piperidine rings is 2. The van der Waals surface area contributed by atoms with Crippen LogP contribution in [0.2, 0.25) is 0 Å². The van der Waals surface area contributed by atoms with Crippen molar-refractivity contribution in [3.63, 3.8) is 0 Å². The molecule has 2 aromatic heterocycles. The minimum atomic E-state index is 0.143. The van der Waals surface area contributed by atoms with E-state index in [2.05, 4.69) is 38.8 Å². The van der Waals surface area contributed by atoms with E-state index in [0.717, 1.165) is 86.1 Å². The Bertz CT molecular complexity index is 1210. The lowest BCUT2D eigenvalue weighted by atomic mass is 9.93. The number of hydrogen-bond donors (Lipinski definition) is 2. The Morgan fingerprint density at radius 3 is 2.82 bits per heavy atom. The molecule has 1 atom stereocenters. The molecule has 6 heterocycles. The second kappa shape index (κ2) is 12.0. The zero-order valence-corrected chi connectivity index (χ0v) is 22.7. The summed E-state index contributed by atoms with van der Waals surface area (Å²) in [6.45, 7) is 4.96. The van der Waals surface area contributed by atoms with E-state index in [9.17, 15) is 0 Å². The average molecular weight is 536 g/mol. The fourth-order valence-electron chi connectivity index (χ4n) is 5.89. The molecule has 0 amide bonds.